The Hall–Kier alpha value is -2.82. The third-order valence-corrected chi connectivity index (χ3v) is 3.73. The third kappa shape index (κ3) is 5.95. The van der Waals surface area contributed by atoms with Crippen LogP contribution in [0.5, 0.6) is 5.75 Å². The summed E-state index contributed by atoms with van der Waals surface area (Å²) < 4.78 is 5.70. The van der Waals surface area contributed by atoms with Crippen LogP contribution in [-0.2, 0) is 11.3 Å². The molecule has 0 aliphatic carbocycles. The molecule has 0 atom stereocenters. The van der Waals surface area contributed by atoms with Gasteiger partial charge in [-0.15, -0.1) is 0 Å². The maximum absolute atomic E-state index is 12.1. The molecule has 0 saturated heterocycles. The Labute approximate surface area is 148 Å². The second-order valence-corrected chi connectivity index (χ2v) is 5.98. The van der Waals surface area contributed by atoms with Gasteiger partial charge >= 0.3 is 0 Å². The van der Waals surface area contributed by atoms with Gasteiger partial charge in [0.05, 0.1) is 6.54 Å². The van der Waals surface area contributed by atoms with E-state index in [1.165, 1.54) is 12.5 Å². The van der Waals surface area contributed by atoms with Gasteiger partial charge in [-0.2, -0.15) is 0 Å². The molecule has 132 valence electrons. The van der Waals surface area contributed by atoms with E-state index in [0.717, 1.165) is 16.9 Å². The van der Waals surface area contributed by atoms with Gasteiger partial charge in [-0.1, -0.05) is 29.8 Å². The van der Waals surface area contributed by atoms with E-state index in [0.29, 0.717) is 25.3 Å². The Morgan fingerprint density at radius 2 is 1.72 bits per heavy atom. The molecule has 0 unspecified atom stereocenters. The normalized spacial score (nSPS) is 10.2. The highest BCUT2D eigenvalue weighted by atomic mass is 16.5. The van der Waals surface area contributed by atoms with Crippen LogP contribution in [0.3, 0.4) is 0 Å². The molecule has 2 rings (SSSR count). The van der Waals surface area contributed by atoms with Crippen LogP contribution < -0.4 is 15.4 Å². The summed E-state index contributed by atoms with van der Waals surface area (Å²) in [6.07, 6.45) is 0. The van der Waals surface area contributed by atoms with Gasteiger partial charge in [-0.3, -0.25) is 9.59 Å². The highest BCUT2D eigenvalue weighted by Crippen LogP contribution is 2.18. The lowest BCUT2D eigenvalue weighted by atomic mass is 10.1. The molecular weight excluding hydrogens is 316 g/mol. The lowest BCUT2D eigenvalue weighted by molar-refractivity contribution is -0.119. The summed E-state index contributed by atoms with van der Waals surface area (Å²) in [7, 11) is 0. The van der Waals surface area contributed by atoms with Crippen molar-refractivity contribution in [3.63, 3.8) is 0 Å². The molecule has 0 fully saturated rings. The van der Waals surface area contributed by atoms with Crippen LogP contribution in [0.4, 0.5) is 0 Å². The first-order valence-corrected chi connectivity index (χ1v) is 8.27. The molecule has 0 radical (unpaired) electrons. The number of carbonyl (C=O) groups is 2. The van der Waals surface area contributed by atoms with Crippen molar-refractivity contribution in [2.75, 3.05) is 13.2 Å². The lowest BCUT2D eigenvalue weighted by Crippen LogP contribution is -2.28. The molecule has 2 aromatic rings. The monoisotopic (exact) mass is 340 g/mol. The number of nitrogens with one attached hydrogen (secondary N) is 2. The van der Waals surface area contributed by atoms with Gasteiger partial charge in [0.25, 0.3) is 5.91 Å². The number of rotatable bonds is 7. The van der Waals surface area contributed by atoms with Gasteiger partial charge in [0.1, 0.15) is 12.4 Å². The Morgan fingerprint density at radius 1 is 1.00 bits per heavy atom. The van der Waals surface area contributed by atoms with E-state index in [4.69, 9.17) is 4.74 Å². The molecule has 0 aliphatic rings. The largest absolute Gasteiger partial charge is 0.491 e. The van der Waals surface area contributed by atoms with Crippen LogP contribution in [0.2, 0.25) is 0 Å². The Kier molecular flexibility index (Phi) is 6.57. The maximum atomic E-state index is 12.1. The van der Waals surface area contributed by atoms with Crippen LogP contribution >= 0.6 is 0 Å². The fraction of sp³-hybridized carbons (Fsp3) is 0.300. The topological polar surface area (TPSA) is 67.4 Å². The molecule has 5 heteroatoms. The minimum absolute atomic E-state index is 0.0781. The summed E-state index contributed by atoms with van der Waals surface area (Å²) in [4.78, 5) is 23.0. The van der Waals surface area contributed by atoms with Crippen molar-refractivity contribution in [1.82, 2.24) is 10.6 Å². The highest BCUT2D eigenvalue weighted by Gasteiger charge is 2.05. The van der Waals surface area contributed by atoms with Gasteiger partial charge in [0.15, 0.2) is 0 Å². The second-order valence-electron chi connectivity index (χ2n) is 5.98. The molecule has 0 spiro atoms. The molecular formula is C20H24N2O3. The fourth-order valence-corrected chi connectivity index (χ4v) is 2.39. The Bertz CT molecular complexity index is 739. The molecule has 0 heterocycles. The minimum atomic E-state index is -0.143. The molecule has 0 aliphatic heterocycles. The Morgan fingerprint density at radius 3 is 2.36 bits per heavy atom. The fourth-order valence-electron chi connectivity index (χ4n) is 2.39. The standard InChI is InChI=1S/C20H24N2O3/c1-14-4-9-19(15(2)12-14)25-11-10-21-20(24)18-7-5-17(6-8-18)13-22-16(3)23/h4-9,12H,10-11,13H2,1-3H3,(H,21,24)(H,22,23). The van der Waals surface area contributed by atoms with Gasteiger partial charge < -0.3 is 15.4 Å². The van der Waals surface area contributed by atoms with Gasteiger partial charge in [0, 0.05) is 19.0 Å². The number of amides is 2. The highest BCUT2D eigenvalue weighted by molar-refractivity contribution is 5.94. The predicted molar refractivity (Wildman–Crippen MR) is 97.7 cm³/mol. The first-order chi connectivity index (χ1) is 12.0. The van der Waals surface area contributed by atoms with E-state index in [9.17, 15) is 9.59 Å². The predicted octanol–water partition coefficient (Wildman–Crippen LogP) is 2.75. The van der Waals surface area contributed by atoms with E-state index in [2.05, 4.69) is 16.7 Å². The number of carbonyl (C=O) groups excluding carboxylic acids is 2. The van der Waals surface area contributed by atoms with E-state index in [-0.39, 0.29) is 11.8 Å². The smallest absolute Gasteiger partial charge is 0.251 e. The first kappa shape index (κ1) is 18.5. The minimum Gasteiger partial charge on any atom is -0.491 e. The zero-order chi connectivity index (χ0) is 18.2. The average molecular weight is 340 g/mol. The van der Waals surface area contributed by atoms with Crippen LogP contribution in [0, 0.1) is 13.8 Å². The number of hydrogen-bond donors (Lipinski definition) is 2. The number of hydrogen-bond acceptors (Lipinski definition) is 3. The zero-order valence-corrected chi connectivity index (χ0v) is 14.9. The summed E-state index contributed by atoms with van der Waals surface area (Å²) in [6, 6.07) is 13.2. The Balaban J connectivity index is 1.77. The third-order valence-electron chi connectivity index (χ3n) is 3.73. The number of aryl methyl sites for hydroxylation is 2. The van der Waals surface area contributed by atoms with E-state index >= 15 is 0 Å². The second kappa shape index (κ2) is 8.87. The summed E-state index contributed by atoms with van der Waals surface area (Å²) in [5.41, 5.74) is 3.81. The molecule has 2 amide bonds. The zero-order valence-electron chi connectivity index (χ0n) is 14.9. The van der Waals surface area contributed by atoms with Crippen LogP contribution in [-0.4, -0.2) is 25.0 Å². The SMILES string of the molecule is CC(=O)NCc1ccc(C(=O)NCCOc2ccc(C)cc2C)cc1. The lowest BCUT2D eigenvalue weighted by Gasteiger charge is -2.11. The van der Waals surface area contributed by atoms with Crippen LogP contribution in [0.1, 0.15) is 34.0 Å². The molecule has 0 bridgehead atoms. The van der Waals surface area contributed by atoms with Crippen LogP contribution in [0.25, 0.3) is 0 Å². The van der Waals surface area contributed by atoms with Crippen molar-refractivity contribution >= 4 is 11.8 Å². The summed E-state index contributed by atoms with van der Waals surface area (Å²) in [5, 5.41) is 5.56. The first-order valence-electron chi connectivity index (χ1n) is 8.27. The molecule has 2 aromatic carbocycles. The van der Waals surface area contributed by atoms with E-state index < -0.39 is 0 Å². The molecule has 0 aromatic heterocycles. The van der Waals surface area contributed by atoms with Gasteiger partial charge in [0.2, 0.25) is 5.91 Å². The van der Waals surface area contributed by atoms with Gasteiger partial charge in [-0.25, -0.2) is 0 Å². The van der Waals surface area contributed by atoms with Crippen molar-refractivity contribution in [3.05, 3.63) is 64.7 Å². The van der Waals surface area contributed by atoms with E-state index in [1.807, 2.05) is 38.1 Å². The molecule has 2 N–H and O–H groups in total. The van der Waals surface area contributed by atoms with Crippen LogP contribution in [0.15, 0.2) is 42.5 Å². The maximum Gasteiger partial charge on any atom is 0.251 e. The summed E-state index contributed by atoms with van der Waals surface area (Å²) >= 11 is 0. The van der Waals surface area contributed by atoms with Crippen molar-refractivity contribution in [1.29, 1.82) is 0 Å². The molecule has 5 nitrogen and oxygen atoms in total. The molecule has 25 heavy (non-hydrogen) atoms. The average Bonchev–Trinajstić information content (AvgIpc) is 2.58. The van der Waals surface area contributed by atoms with Crippen molar-refractivity contribution in [2.24, 2.45) is 0 Å². The van der Waals surface area contributed by atoms with Crippen molar-refractivity contribution in [2.45, 2.75) is 27.3 Å². The molecule has 0 saturated carbocycles. The quantitative estimate of drug-likeness (QED) is 0.762. The summed E-state index contributed by atoms with van der Waals surface area (Å²) in [6.45, 7) is 6.82. The van der Waals surface area contributed by atoms with Crippen molar-refractivity contribution in [3.8, 4) is 5.75 Å². The number of benzene rings is 2. The van der Waals surface area contributed by atoms with Gasteiger partial charge in [-0.05, 0) is 43.2 Å². The van der Waals surface area contributed by atoms with Crippen molar-refractivity contribution < 1.29 is 14.3 Å². The summed E-state index contributed by atoms with van der Waals surface area (Å²) in [5.74, 6) is 0.614. The van der Waals surface area contributed by atoms with E-state index in [1.54, 1.807) is 12.1 Å². The number of ether oxygens (including phenoxy) is 1.